The summed E-state index contributed by atoms with van der Waals surface area (Å²) in [6.45, 7) is 0. The second-order valence-electron chi connectivity index (χ2n) is 14.5. The summed E-state index contributed by atoms with van der Waals surface area (Å²) >= 11 is 1.83. The van der Waals surface area contributed by atoms with Crippen molar-refractivity contribution < 1.29 is 4.42 Å². The van der Waals surface area contributed by atoms with Crippen molar-refractivity contribution >= 4 is 75.3 Å². The Morgan fingerprint density at radius 1 is 0.386 bits per heavy atom. The molecule has 0 amide bonds. The summed E-state index contributed by atoms with van der Waals surface area (Å²) in [5.74, 6) is 0.678. The lowest BCUT2D eigenvalue weighted by atomic mass is 10.0. The van der Waals surface area contributed by atoms with Crippen molar-refractivity contribution in [2.45, 2.75) is 0 Å². The van der Waals surface area contributed by atoms with Gasteiger partial charge < -0.3 is 8.98 Å². The summed E-state index contributed by atoms with van der Waals surface area (Å²) < 4.78 is 11.4. The minimum atomic E-state index is 0.678. The molecule has 0 radical (unpaired) electrons. The van der Waals surface area contributed by atoms with Gasteiger partial charge in [-0.1, -0.05) is 115 Å². The molecule has 0 N–H and O–H groups in total. The van der Waals surface area contributed by atoms with Gasteiger partial charge in [-0.3, -0.25) is 0 Å². The van der Waals surface area contributed by atoms with Crippen molar-refractivity contribution in [2.75, 3.05) is 0 Å². The minimum absolute atomic E-state index is 0.678. The van der Waals surface area contributed by atoms with Gasteiger partial charge in [0.05, 0.1) is 22.4 Å². The molecule has 0 saturated carbocycles. The van der Waals surface area contributed by atoms with Crippen molar-refractivity contribution in [3.63, 3.8) is 0 Å². The predicted molar refractivity (Wildman–Crippen MR) is 238 cm³/mol. The monoisotopic (exact) mass is 745 g/mol. The van der Waals surface area contributed by atoms with Crippen LogP contribution in [0.2, 0.25) is 0 Å². The number of benzene rings is 8. The molecule has 0 atom stereocenters. The van der Waals surface area contributed by atoms with Crippen molar-refractivity contribution in [3.8, 4) is 50.7 Å². The average Bonchev–Trinajstić information content (AvgIpc) is 3.96. The van der Waals surface area contributed by atoms with Gasteiger partial charge in [0.15, 0.2) is 5.82 Å². The zero-order valence-corrected chi connectivity index (χ0v) is 31.4. The van der Waals surface area contributed by atoms with E-state index in [2.05, 4.69) is 187 Å². The first-order valence-corrected chi connectivity index (χ1v) is 20.0. The Balaban J connectivity index is 1.07. The Morgan fingerprint density at radius 2 is 0.982 bits per heavy atom. The van der Waals surface area contributed by atoms with E-state index in [1.807, 2.05) is 17.4 Å². The molecule has 57 heavy (non-hydrogen) atoms. The van der Waals surface area contributed by atoms with Gasteiger partial charge in [0, 0.05) is 64.1 Å². The number of furan rings is 1. The molecule has 0 aliphatic heterocycles. The summed E-state index contributed by atoms with van der Waals surface area (Å²) in [6.07, 6.45) is 0. The molecule has 0 spiro atoms. The molecule has 0 bridgehead atoms. The standard InChI is InChI=1S/C52H31N3OS/c1-3-11-32(12-4-1)33-19-21-34(22-20-33)52-53-42(35-23-25-45-40(29-35)38-15-7-9-17-44(38)55(45)37-13-5-2-6-14-37)31-43(54-52)36-24-26-46-41(30-36)50-47(56-46)27-28-49-51(50)39-16-8-10-18-48(39)57-49/h1-31H. The maximum absolute atomic E-state index is 6.48. The van der Waals surface area contributed by atoms with E-state index in [1.54, 1.807) is 0 Å². The molecule has 4 nitrogen and oxygen atoms in total. The lowest BCUT2D eigenvalue weighted by Gasteiger charge is -2.11. The van der Waals surface area contributed by atoms with E-state index in [9.17, 15) is 0 Å². The Bertz CT molecular complexity index is 3510. The molecule has 0 unspecified atom stereocenters. The van der Waals surface area contributed by atoms with E-state index in [1.165, 1.54) is 42.0 Å². The fourth-order valence-electron chi connectivity index (χ4n) is 8.54. The van der Waals surface area contributed by atoms with Gasteiger partial charge in [0.2, 0.25) is 0 Å². The summed E-state index contributed by atoms with van der Waals surface area (Å²) in [6, 6.07) is 66.5. The number of rotatable bonds is 5. The van der Waals surface area contributed by atoms with Crippen LogP contribution >= 0.6 is 11.3 Å². The van der Waals surface area contributed by atoms with Gasteiger partial charge in [0.25, 0.3) is 0 Å². The third kappa shape index (κ3) is 5.13. The average molecular weight is 746 g/mol. The van der Waals surface area contributed by atoms with Crippen molar-refractivity contribution in [1.29, 1.82) is 0 Å². The molecule has 0 aliphatic rings. The predicted octanol–water partition coefficient (Wildman–Crippen LogP) is 14.5. The first-order valence-electron chi connectivity index (χ1n) is 19.1. The number of para-hydroxylation sites is 2. The van der Waals surface area contributed by atoms with Crippen molar-refractivity contribution in [3.05, 3.63) is 188 Å². The highest BCUT2D eigenvalue weighted by Gasteiger charge is 2.19. The third-order valence-corrected chi connectivity index (χ3v) is 12.4. The quantitative estimate of drug-likeness (QED) is 0.176. The Hall–Kier alpha value is -7.34. The van der Waals surface area contributed by atoms with Gasteiger partial charge in [-0.15, -0.1) is 11.3 Å². The fourth-order valence-corrected chi connectivity index (χ4v) is 9.66. The molecule has 0 saturated heterocycles. The van der Waals surface area contributed by atoms with Gasteiger partial charge in [0.1, 0.15) is 11.2 Å². The zero-order valence-electron chi connectivity index (χ0n) is 30.6. The van der Waals surface area contributed by atoms with Gasteiger partial charge >= 0.3 is 0 Å². The summed E-state index contributed by atoms with van der Waals surface area (Å²) in [5, 5.41) is 7.11. The van der Waals surface area contributed by atoms with E-state index in [4.69, 9.17) is 14.4 Å². The maximum Gasteiger partial charge on any atom is 0.160 e. The van der Waals surface area contributed by atoms with Crippen LogP contribution < -0.4 is 0 Å². The molecule has 0 fully saturated rings. The number of thiophene rings is 1. The highest BCUT2D eigenvalue weighted by atomic mass is 32.1. The molecular weight excluding hydrogens is 715 g/mol. The number of nitrogens with zero attached hydrogens (tertiary/aromatic N) is 3. The lowest BCUT2D eigenvalue weighted by molar-refractivity contribution is 0.669. The first-order chi connectivity index (χ1) is 28.2. The van der Waals surface area contributed by atoms with Gasteiger partial charge in [-0.2, -0.15) is 0 Å². The van der Waals surface area contributed by atoms with Crippen molar-refractivity contribution in [1.82, 2.24) is 14.5 Å². The number of aromatic nitrogens is 3. The second kappa shape index (κ2) is 12.6. The topological polar surface area (TPSA) is 43.9 Å². The third-order valence-electron chi connectivity index (χ3n) is 11.2. The fraction of sp³-hybridized carbons (Fsp3) is 0. The molecule has 4 heterocycles. The van der Waals surface area contributed by atoms with E-state index < -0.39 is 0 Å². The molecule has 5 heteroatoms. The molecular formula is C52H31N3OS. The molecule has 4 aromatic heterocycles. The number of hydrogen-bond donors (Lipinski definition) is 0. The summed E-state index contributed by atoms with van der Waals surface area (Å²) in [4.78, 5) is 10.6. The lowest BCUT2D eigenvalue weighted by Crippen LogP contribution is -1.96. The Morgan fingerprint density at radius 3 is 1.79 bits per heavy atom. The molecule has 12 aromatic rings. The van der Waals surface area contributed by atoms with E-state index in [-0.39, 0.29) is 0 Å². The van der Waals surface area contributed by atoms with E-state index >= 15 is 0 Å². The zero-order chi connectivity index (χ0) is 37.5. The normalized spacial score (nSPS) is 11.9. The molecule has 0 aliphatic carbocycles. The highest BCUT2D eigenvalue weighted by molar-refractivity contribution is 7.26. The molecule has 8 aromatic carbocycles. The second-order valence-corrected chi connectivity index (χ2v) is 15.6. The smallest absolute Gasteiger partial charge is 0.160 e. The van der Waals surface area contributed by atoms with Crippen LogP contribution in [0.15, 0.2) is 192 Å². The Kier molecular flexibility index (Phi) is 7.06. The van der Waals surface area contributed by atoms with E-state index in [0.29, 0.717) is 5.82 Å². The van der Waals surface area contributed by atoms with Crippen LogP contribution in [0.4, 0.5) is 0 Å². The number of hydrogen-bond acceptors (Lipinski definition) is 4. The van der Waals surface area contributed by atoms with Crippen LogP contribution in [0, 0.1) is 0 Å². The maximum atomic E-state index is 6.48. The van der Waals surface area contributed by atoms with Gasteiger partial charge in [-0.25, -0.2) is 9.97 Å². The van der Waals surface area contributed by atoms with Crippen LogP contribution in [-0.4, -0.2) is 14.5 Å². The summed E-state index contributed by atoms with van der Waals surface area (Å²) in [7, 11) is 0. The van der Waals surface area contributed by atoms with Crippen molar-refractivity contribution in [2.24, 2.45) is 0 Å². The molecule has 266 valence electrons. The van der Waals surface area contributed by atoms with Gasteiger partial charge in [-0.05, 0) is 83.9 Å². The van der Waals surface area contributed by atoms with Crippen LogP contribution in [0.5, 0.6) is 0 Å². The highest BCUT2D eigenvalue weighted by Crippen LogP contribution is 2.43. The Labute approximate surface area is 331 Å². The van der Waals surface area contributed by atoms with Crippen LogP contribution in [-0.2, 0) is 0 Å². The van der Waals surface area contributed by atoms with Crippen LogP contribution in [0.3, 0.4) is 0 Å². The summed E-state index contributed by atoms with van der Waals surface area (Å²) in [5.41, 5.74) is 12.3. The van der Waals surface area contributed by atoms with E-state index in [0.717, 1.165) is 66.8 Å². The number of fused-ring (bicyclic) bond motifs is 10. The minimum Gasteiger partial charge on any atom is -0.456 e. The van der Waals surface area contributed by atoms with Crippen LogP contribution in [0.25, 0.3) is 115 Å². The largest absolute Gasteiger partial charge is 0.456 e. The molecule has 12 rings (SSSR count). The first kappa shape index (κ1) is 32.0. The SMILES string of the molecule is c1ccc(-c2ccc(-c3nc(-c4ccc5oc6ccc7sc8ccccc8c7c6c5c4)cc(-c4ccc5c(c4)c4ccccc4n5-c4ccccc4)n3)cc2)cc1. The van der Waals surface area contributed by atoms with Crippen LogP contribution in [0.1, 0.15) is 0 Å².